The van der Waals surface area contributed by atoms with Crippen LogP contribution in [-0.2, 0) is 22.4 Å². The Kier molecular flexibility index (Phi) is 17.5. The number of benzene rings is 3. The zero-order valence-electron chi connectivity index (χ0n) is 17.5. The van der Waals surface area contributed by atoms with Crippen LogP contribution in [0.25, 0.3) is 12.2 Å². The summed E-state index contributed by atoms with van der Waals surface area (Å²) in [4.78, 5) is 0. The van der Waals surface area contributed by atoms with Crippen LogP contribution in [0.5, 0.6) is 0 Å². The van der Waals surface area contributed by atoms with E-state index in [2.05, 4.69) is 129 Å². The first-order chi connectivity index (χ1) is 13.6. The van der Waals surface area contributed by atoms with E-state index in [0.717, 1.165) is 26.1 Å². The van der Waals surface area contributed by atoms with Gasteiger partial charge in [-0.05, 0) is 5.30 Å². The van der Waals surface area contributed by atoms with Crippen LogP contribution in [-0.4, -0.2) is 53.4 Å². The molecule has 150 valence electrons. The van der Waals surface area contributed by atoms with Crippen LogP contribution in [0.15, 0.2) is 91.0 Å². The van der Waals surface area contributed by atoms with E-state index in [1.54, 1.807) is 0 Å². The Balaban J connectivity index is 0.00000159. The molecule has 0 fully saturated rings. The summed E-state index contributed by atoms with van der Waals surface area (Å²) in [6, 6.07) is 27.6. The summed E-state index contributed by atoms with van der Waals surface area (Å²) < 4.78 is 2.32. The van der Waals surface area contributed by atoms with Crippen molar-refractivity contribution < 1.29 is 22.4 Å². The minimum atomic E-state index is 0. The Labute approximate surface area is 236 Å². The summed E-state index contributed by atoms with van der Waals surface area (Å²) in [6.45, 7) is 4.25. The molecular formula is C25H27NNbPPb2. The van der Waals surface area contributed by atoms with E-state index in [0.29, 0.717) is 0 Å². The van der Waals surface area contributed by atoms with Gasteiger partial charge in [-0.15, -0.1) is 9.24 Å². The molecule has 0 bridgehead atoms. The van der Waals surface area contributed by atoms with Gasteiger partial charge in [0.05, 0.1) is 0 Å². The molecule has 30 heavy (non-hydrogen) atoms. The second kappa shape index (κ2) is 17.5. The van der Waals surface area contributed by atoms with E-state index in [4.69, 9.17) is 0 Å². The van der Waals surface area contributed by atoms with Crippen LogP contribution in [0.4, 0.5) is 11.4 Å². The van der Waals surface area contributed by atoms with Crippen molar-refractivity contribution in [1.82, 2.24) is 0 Å². The van der Waals surface area contributed by atoms with Crippen molar-refractivity contribution in [2.45, 2.75) is 20.3 Å². The van der Waals surface area contributed by atoms with Gasteiger partial charge in [-0.3, -0.25) is 0 Å². The van der Waals surface area contributed by atoms with Crippen molar-refractivity contribution in [1.29, 1.82) is 0 Å². The van der Waals surface area contributed by atoms with Crippen molar-refractivity contribution in [2.75, 3.05) is 2.71 Å². The van der Waals surface area contributed by atoms with Gasteiger partial charge in [0.2, 0.25) is 0 Å². The molecule has 3 aromatic rings. The van der Waals surface area contributed by atoms with Crippen LogP contribution in [0.3, 0.4) is 0 Å². The molecule has 3 aromatic carbocycles. The molecule has 0 saturated heterocycles. The Bertz CT molecular complexity index is 879. The van der Waals surface area contributed by atoms with Crippen molar-refractivity contribution in [3.8, 4) is 0 Å². The normalized spacial score (nSPS) is 10.0. The van der Waals surface area contributed by atoms with Gasteiger partial charge in [-0.25, -0.2) is 0 Å². The SMILES string of the molecule is CCC.Pc1ccc(/C=C/C=C/c2ccc([N]([Pb])c3ccccc3)cc2)cc1.[Nb].[Pb]. The topological polar surface area (TPSA) is 3.24 Å². The number of allylic oxidation sites excluding steroid dienone is 2. The molecule has 0 saturated carbocycles. The summed E-state index contributed by atoms with van der Waals surface area (Å²) >= 11 is 0.953. The molecule has 0 aliphatic heterocycles. The minimum Gasteiger partial charge on any atom is 0 e. The van der Waals surface area contributed by atoms with Crippen LogP contribution < -0.4 is 8.01 Å². The third-order valence-corrected chi connectivity index (χ3v) is 6.18. The molecule has 0 aliphatic carbocycles. The molecule has 0 heterocycles. The molecule has 0 N–H and O–H groups in total. The third kappa shape index (κ3) is 11.0. The molecule has 1 atom stereocenters. The van der Waals surface area contributed by atoms with Gasteiger partial charge in [0.1, 0.15) is 0 Å². The van der Waals surface area contributed by atoms with Crippen LogP contribution >= 0.6 is 9.24 Å². The van der Waals surface area contributed by atoms with Crippen LogP contribution in [0.2, 0.25) is 0 Å². The molecule has 0 spiro atoms. The van der Waals surface area contributed by atoms with Crippen LogP contribution in [0.1, 0.15) is 31.4 Å². The maximum atomic E-state index is 2.70. The Hall–Kier alpha value is -0.0456. The van der Waals surface area contributed by atoms with Crippen LogP contribution in [0, 0.1) is 0 Å². The van der Waals surface area contributed by atoms with Gasteiger partial charge in [-0.2, -0.15) is 0 Å². The first-order valence-corrected chi connectivity index (χ1v) is 11.8. The number of nitrogens with zero attached hydrogens (tertiary/aromatic N) is 1. The van der Waals surface area contributed by atoms with Crippen molar-refractivity contribution in [3.05, 3.63) is 102 Å². The summed E-state index contributed by atoms with van der Waals surface area (Å²) in [7, 11) is 2.70. The van der Waals surface area contributed by atoms with Gasteiger partial charge in [0.15, 0.2) is 0 Å². The molecule has 0 aromatic heterocycles. The van der Waals surface area contributed by atoms with Gasteiger partial charge in [-0.1, -0.05) is 20.3 Å². The van der Waals surface area contributed by atoms with Crippen molar-refractivity contribution >= 4 is 91.4 Å². The fourth-order valence-corrected chi connectivity index (χ4v) is 3.75. The third-order valence-electron chi connectivity index (χ3n) is 3.79. The van der Waals surface area contributed by atoms with Gasteiger partial charge >= 0.3 is 154 Å². The Morgan fingerprint density at radius 3 is 1.60 bits per heavy atom. The molecular weight excluding hydrogens is 853 g/mol. The fraction of sp³-hybridized carbons (Fsp3) is 0.120. The molecule has 3 rings (SSSR count). The average molecular weight is 880 g/mol. The average Bonchev–Trinajstić information content (AvgIpc) is 2.74. The number of para-hydroxylation sites is 1. The zero-order chi connectivity index (χ0) is 20.2. The van der Waals surface area contributed by atoms with E-state index in [1.165, 1.54) is 34.2 Å². The molecule has 1 nitrogen and oxygen atoms in total. The number of hydrogen-bond acceptors (Lipinski definition) is 1. The smallest absolute Gasteiger partial charge is 0 e. The monoisotopic (exact) mass is 881 g/mol. The van der Waals surface area contributed by atoms with E-state index in [9.17, 15) is 0 Å². The van der Waals surface area contributed by atoms with E-state index < -0.39 is 0 Å². The van der Waals surface area contributed by atoms with E-state index >= 15 is 0 Å². The fourth-order valence-electron chi connectivity index (χ4n) is 2.40. The van der Waals surface area contributed by atoms with Gasteiger partial charge in [0.25, 0.3) is 0 Å². The predicted octanol–water partition coefficient (Wildman–Crippen LogP) is 6.17. The number of rotatable bonds is 5. The first kappa shape index (κ1) is 30.0. The number of anilines is 2. The minimum absolute atomic E-state index is 0. The van der Waals surface area contributed by atoms with E-state index in [-0.39, 0.29) is 49.7 Å². The second-order valence-electron chi connectivity index (χ2n) is 6.35. The standard InChI is InChI=1S/C22H19NP.C3H8.Nb.2Pb/c24-22-16-12-19(13-17-22)7-5-4-6-18-10-14-21(15-11-18)23-20-8-2-1-3-9-20;1-3-2;;;/h1-17H,24H2;3H2,1-2H3;;;/q-1;;;;+1/b6-4+,7-5+;;;;. The quantitative estimate of drug-likeness (QED) is 0.169. The summed E-state index contributed by atoms with van der Waals surface area (Å²) in [5.41, 5.74) is 4.90. The second-order valence-corrected chi connectivity index (χ2v) is 8.76. The van der Waals surface area contributed by atoms with Crippen molar-refractivity contribution in [3.63, 3.8) is 0 Å². The molecule has 8 radical (unpaired) electrons. The first-order valence-electron chi connectivity index (χ1n) is 9.50. The molecule has 0 amide bonds. The van der Waals surface area contributed by atoms with Gasteiger partial charge in [0, 0.05) is 49.7 Å². The molecule has 1 unspecified atom stereocenters. The number of hydrogen-bond donors (Lipinski definition) is 0. The van der Waals surface area contributed by atoms with E-state index in [1.807, 2.05) is 0 Å². The maximum absolute atomic E-state index is 2.70. The molecule has 5 heteroatoms. The summed E-state index contributed by atoms with van der Waals surface area (Å²) in [5, 5.41) is 1.20. The zero-order valence-corrected chi connectivity index (χ0v) is 28.6. The predicted molar refractivity (Wildman–Crippen MR) is 136 cm³/mol. The Morgan fingerprint density at radius 2 is 1.13 bits per heavy atom. The van der Waals surface area contributed by atoms with Crippen molar-refractivity contribution in [2.24, 2.45) is 0 Å². The molecule has 0 aliphatic rings. The summed E-state index contributed by atoms with van der Waals surface area (Å²) in [6.07, 6.45) is 9.65. The van der Waals surface area contributed by atoms with Gasteiger partial charge < -0.3 is 0 Å². The summed E-state index contributed by atoms with van der Waals surface area (Å²) in [5.74, 6) is 0. The Morgan fingerprint density at radius 1 is 0.733 bits per heavy atom.